The van der Waals surface area contributed by atoms with Crippen molar-refractivity contribution in [2.45, 2.75) is 20.0 Å². The van der Waals surface area contributed by atoms with E-state index in [0.29, 0.717) is 5.82 Å². The van der Waals surface area contributed by atoms with Gasteiger partial charge in [0.25, 0.3) is 5.89 Å². The molecule has 0 amide bonds. The maximum atomic E-state index is 9.29. The van der Waals surface area contributed by atoms with Gasteiger partial charge in [0.2, 0.25) is 5.82 Å². The van der Waals surface area contributed by atoms with E-state index in [1.54, 1.807) is 6.92 Å². The van der Waals surface area contributed by atoms with Crippen molar-refractivity contribution in [2.24, 2.45) is 0 Å². The van der Waals surface area contributed by atoms with Gasteiger partial charge in [-0.3, -0.25) is 0 Å². The Bertz CT molecular complexity index is 508. The Morgan fingerprint density at radius 2 is 2.19 bits per heavy atom. The molecule has 1 N–H and O–H groups in total. The number of aryl methyl sites for hydroxylation is 1. The van der Waals surface area contributed by atoms with Gasteiger partial charge in [-0.2, -0.15) is 4.98 Å². The molecule has 0 spiro atoms. The number of aromatic nitrogens is 2. The third-order valence-electron chi connectivity index (χ3n) is 2.16. The van der Waals surface area contributed by atoms with E-state index < -0.39 is 6.10 Å². The summed E-state index contributed by atoms with van der Waals surface area (Å²) in [6.07, 6.45) is -0.745. The topological polar surface area (TPSA) is 59.2 Å². The Morgan fingerprint density at radius 3 is 2.75 bits per heavy atom. The average molecular weight is 283 g/mol. The fourth-order valence-electron chi connectivity index (χ4n) is 1.32. The molecule has 0 saturated heterocycles. The minimum absolute atomic E-state index is 0.225. The Kier molecular flexibility index (Phi) is 3.07. The lowest BCUT2D eigenvalue weighted by Gasteiger charge is -1.99. The van der Waals surface area contributed by atoms with Crippen LogP contribution in [0.15, 0.2) is 27.2 Å². The highest BCUT2D eigenvalue weighted by molar-refractivity contribution is 9.10. The van der Waals surface area contributed by atoms with Gasteiger partial charge in [0.05, 0.1) is 0 Å². The number of nitrogens with zero attached hydrogens (tertiary/aromatic N) is 2. The van der Waals surface area contributed by atoms with Gasteiger partial charge < -0.3 is 9.63 Å². The zero-order chi connectivity index (χ0) is 11.7. The third-order valence-corrected chi connectivity index (χ3v) is 2.82. The molecule has 4 nitrogen and oxygen atoms in total. The quantitative estimate of drug-likeness (QED) is 0.920. The predicted molar refractivity (Wildman–Crippen MR) is 62.8 cm³/mol. The number of halogens is 1. The summed E-state index contributed by atoms with van der Waals surface area (Å²) in [4.78, 5) is 4.11. The Balaban J connectivity index is 2.42. The summed E-state index contributed by atoms with van der Waals surface area (Å²) in [6.45, 7) is 3.59. The Labute approximate surface area is 101 Å². The minimum atomic E-state index is -0.745. The van der Waals surface area contributed by atoms with Gasteiger partial charge in [-0.25, -0.2) is 0 Å². The molecule has 1 atom stereocenters. The number of aliphatic hydroxyl groups is 1. The molecule has 2 rings (SSSR count). The predicted octanol–water partition coefficient (Wildman–Crippen LogP) is 2.86. The van der Waals surface area contributed by atoms with Crippen LogP contribution in [0.2, 0.25) is 0 Å². The number of benzene rings is 1. The van der Waals surface area contributed by atoms with Crippen molar-refractivity contribution in [2.75, 3.05) is 0 Å². The van der Waals surface area contributed by atoms with Crippen LogP contribution in [0.1, 0.15) is 24.5 Å². The van der Waals surface area contributed by atoms with E-state index in [1.807, 2.05) is 25.1 Å². The van der Waals surface area contributed by atoms with E-state index in [4.69, 9.17) is 4.52 Å². The second-order valence-corrected chi connectivity index (χ2v) is 4.47. The first kappa shape index (κ1) is 11.3. The monoisotopic (exact) mass is 282 g/mol. The molecule has 0 aliphatic rings. The fraction of sp³-hybridized carbons (Fsp3) is 0.273. The molecule has 2 aromatic rings. The smallest absolute Gasteiger partial charge is 0.255 e. The molecule has 0 bridgehead atoms. The molecule has 0 aliphatic carbocycles. The first-order valence-corrected chi connectivity index (χ1v) is 5.65. The van der Waals surface area contributed by atoms with Gasteiger partial charge >= 0.3 is 0 Å². The Hall–Kier alpha value is -1.20. The number of rotatable bonds is 2. The van der Waals surface area contributed by atoms with Gasteiger partial charge in [-0.15, -0.1) is 0 Å². The van der Waals surface area contributed by atoms with Crippen LogP contribution >= 0.6 is 15.9 Å². The van der Waals surface area contributed by atoms with Crippen LogP contribution in [0.3, 0.4) is 0 Å². The second kappa shape index (κ2) is 4.35. The first-order chi connectivity index (χ1) is 7.58. The van der Waals surface area contributed by atoms with Crippen LogP contribution < -0.4 is 0 Å². The van der Waals surface area contributed by atoms with E-state index in [2.05, 4.69) is 26.1 Å². The van der Waals surface area contributed by atoms with Crippen molar-refractivity contribution >= 4 is 15.9 Å². The van der Waals surface area contributed by atoms with Crippen LogP contribution in [-0.2, 0) is 0 Å². The molecule has 16 heavy (non-hydrogen) atoms. The van der Waals surface area contributed by atoms with Gasteiger partial charge in [0, 0.05) is 10.0 Å². The number of aliphatic hydroxyl groups excluding tert-OH is 1. The molecule has 1 heterocycles. The van der Waals surface area contributed by atoms with Gasteiger partial charge in [0.1, 0.15) is 6.10 Å². The highest BCUT2D eigenvalue weighted by Gasteiger charge is 2.14. The summed E-state index contributed by atoms with van der Waals surface area (Å²) >= 11 is 3.45. The van der Waals surface area contributed by atoms with Crippen molar-refractivity contribution in [3.05, 3.63) is 34.1 Å². The maximum absolute atomic E-state index is 9.29. The summed E-state index contributed by atoms with van der Waals surface area (Å²) in [6, 6.07) is 5.86. The molecule has 0 fully saturated rings. The van der Waals surface area contributed by atoms with E-state index in [0.717, 1.165) is 15.6 Å². The van der Waals surface area contributed by atoms with Crippen molar-refractivity contribution < 1.29 is 9.63 Å². The van der Waals surface area contributed by atoms with Crippen molar-refractivity contribution in [1.82, 2.24) is 10.1 Å². The van der Waals surface area contributed by atoms with E-state index in [9.17, 15) is 5.11 Å². The maximum Gasteiger partial charge on any atom is 0.255 e. The summed E-state index contributed by atoms with van der Waals surface area (Å²) in [7, 11) is 0. The largest absolute Gasteiger partial charge is 0.384 e. The van der Waals surface area contributed by atoms with E-state index >= 15 is 0 Å². The zero-order valence-electron chi connectivity index (χ0n) is 8.94. The summed E-state index contributed by atoms with van der Waals surface area (Å²) in [5.74, 6) is 0.699. The molecule has 1 aromatic heterocycles. The zero-order valence-corrected chi connectivity index (χ0v) is 10.5. The molecule has 1 unspecified atom stereocenters. The summed E-state index contributed by atoms with van der Waals surface area (Å²) in [5.41, 5.74) is 2.00. The minimum Gasteiger partial charge on any atom is -0.384 e. The highest BCUT2D eigenvalue weighted by atomic mass is 79.9. The molecule has 84 valence electrons. The van der Waals surface area contributed by atoms with Crippen molar-refractivity contribution in [3.63, 3.8) is 0 Å². The van der Waals surface area contributed by atoms with Gasteiger partial charge in [0.15, 0.2) is 0 Å². The average Bonchev–Trinajstić information content (AvgIpc) is 2.66. The lowest BCUT2D eigenvalue weighted by Crippen LogP contribution is -1.90. The van der Waals surface area contributed by atoms with Crippen LogP contribution in [0, 0.1) is 6.92 Å². The van der Waals surface area contributed by atoms with E-state index in [-0.39, 0.29) is 5.89 Å². The molecule has 5 heteroatoms. The lowest BCUT2D eigenvalue weighted by atomic mass is 10.1. The van der Waals surface area contributed by atoms with E-state index in [1.165, 1.54) is 0 Å². The Morgan fingerprint density at radius 1 is 1.44 bits per heavy atom. The molecular weight excluding hydrogens is 272 g/mol. The molecule has 1 aromatic carbocycles. The normalized spacial score (nSPS) is 12.8. The van der Waals surface area contributed by atoms with Crippen molar-refractivity contribution in [3.8, 4) is 11.4 Å². The van der Waals surface area contributed by atoms with Gasteiger partial charge in [-0.1, -0.05) is 27.2 Å². The number of hydrogen-bond donors (Lipinski definition) is 1. The molecule has 0 radical (unpaired) electrons. The molecule has 0 aliphatic heterocycles. The SMILES string of the molecule is Cc1ccc(-c2noc(C(C)O)n2)c(Br)c1. The second-order valence-electron chi connectivity index (χ2n) is 3.62. The fourth-order valence-corrected chi connectivity index (χ4v) is 1.99. The van der Waals surface area contributed by atoms with Crippen LogP contribution in [-0.4, -0.2) is 15.2 Å². The van der Waals surface area contributed by atoms with Crippen molar-refractivity contribution in [1.29, 1.82) is 0 Å². The first-order valence-electron chi connectivity index (χ1n) is 4.86. The molecular formula is C11H11BrN2O2. The molecule has 0 saturated carbocycles. The third kappa shape index (κ3) is 2.15. The highest BCUT2D eigenvalue weighted by Crippen LogP contribution is 2.27. The van der Waals surface area contributed by atoms with Gasteiger partial charge in [-0.05, 0) is 31.5 Å². The summed E-state index contributed by atoms with van der Waals surface area (Å²) in [5, 5.41) is 13.1. The summed E-state index contributed by atoms with van der Waals surface area (Å²) < 4.78 is 5.84. The van der Waals surface area contributed by atoms with Crippen LogP contribution in [0.25, 0.3) is 11.4 Å². The van der Waals surface area contributed by atoms with Crippen LogP contribution in [0.4, 0.5) is 0 Å². The number of hydrogen-bond acceptors (Lipinski definition) is 4. The van der Waals surface area contributed by atoms with Crippen LogP contribution in [0.5, 0.6) is 0 Å². The lowest BCUT2D eigenvalue weighted by molar-refractivity contribution is 0.152. The standard InChI is InChI=1S/C11H11BrN2O2/c1-6-3-4-8(9(12)5-6)10-13-11(7(2)15)16-14-10/h3-5,7,15H,1-2H3.